The summed E-state index contributed by atoms with van der Waals surface area (Å²) < 4.78 is 3.33. The maximum Gasteiger partial charge on any atom is 0.209 e. The van der Waals surface area contributed by atoms with Gasteiger partial charge >= 0.3 is 0 Å². The fraction of sp³-hybridized carbons (Fsp3) is 0.0556. The average Bonchev–Trinajstić information content (AvgIpc) is 3.27. The second-order valence-electron chi connectivity index (χ2n) is 5.46. The van der Waals surface area contributed by atoms with E-state index in [9.17, 15) is 0 Å². The standard InChI is InChI=1S/C18H16N6S/c19-23-13-20-21-18(23)25-12-15-11-24(16-9-5-2-6-10-16)22-17(15)14-7-3-1-4-8-14/h1-11,13H,12,19H2. The van der Waals surface area contributed by atoms with Gasteiger partial charge in [-0.2, -0.15) is 5.10 Å². The minimum absolute atomic E-state index is 0.673. The summed E-state index contributed by atoms with van der Waals surface area (Å²) in [6.07, 6.45) is 3.55. The molecule has 6 nitrogen and oxygen atoms in total. The lowest BCUT2D eigenvalue weighted by Crippen LogP contribution is -2.07. The number of nitrogens with two attached hydrogens (primary N) is 1. The molecule has 0 amide bonds. The van der Waals surface area contributed by atoms with E-state index in [1.54, 1.807) is 0 Å². The van der Waals surface area contributed by atoms with Crippen LogP contribution in [0.4, 0.5) is 0 Å². The fourth-order valence-corrected chi connectivity index (χ4v) is 3.34. The normalized spacial score (nSPS) is 10.9. The monoisotopic (exact) mass is 348 g/mol. The van der Waals surface area contributed by atoms with Crippen LogP contribution in [-0.2, 0) is 5.75 Å². The Bertz CT molecular complexity index is 962. The van der Waals surface area contributed by atoms with Crippen molar-refractivity contribution in [2.24, 2.45) is 0 Å². The summed E-state index contributed by atoms with van der Waals surface area (Å²) in [5.41, 5.74) is 4.18. The van der Waals surface area contributed by atoms with Gasteiger partial charge in [-0.3, -0.25) is 0 Å². The second kappa shape index (κ2) is 6.82. The summed E-state index contributed by atoms with van der Waals surface area (Å²) in [7, 11) is 0. The van der Waals surface area contributed by atoms with Crippen molar-refractivity contribution in [3.8, 4) is 16.9 Å². The Morgan fingerprint density at radius 2 is 1.68 bits per heavy atom. The van der Waals surface area contributed by atoms with Gasteiger partial charge in [0.15, 0.2) is 0 Å². The Hall–Kier alpha value is -3.06. The third kappa shape index (κ3) is 3.27. The van der Waals surface area contributed by atoms with Crippen LogP contribution in [0.15, 0.2) is 78.3 Å². The molecule has 0 saturated heterocycles. The third-order valence-electron chi connectivity index (χ3n) is 3.75. The molecule has 2 heterocycles. The SMILES string of the molecule is Nn1cnnc1SCc1cn(-c2ccccc2)nc1-c1ccccc1. The molecule has 0 aliphatic rings. The van der Waals surface area contributed by atoms with E-state index in [0.29, 0.717) is 10.9 Å². The number of aromatic nitrogens is 5. The lowest BCUT2D eigenvalue weighted by molar-refractivity contribution is 0.846. The van der Waals surface area contributed by atoms with E-state index in [0.717, 1.165) is 22.5 Å². The highest BCUT2D eigenvalue weighted by Gasteiger charge is 2.14. The average molecular weight is 348 g/mol. The van der Waals surface area contributed by atoms with Crippen LogP contribution in [0.25, 0.3) is 16.9 Å². The molecule has 2 N–H and O–H groups in total. The van der Waals surface area contributed by atoms with Crippen molar-refractivity contribution in [1.29, 1.82) is 0 Å². The molecule has 4 rings (SSSR count). The maximum atomic E-state index is 5.80. The number of para-hydroxylation sites is 1. The molecule has 124 valence electrons. The van der Waals surface area contributed by atoms with Crippen molar-refractivity contribution >= 4 is 11.8 Å². The molecule has 0 radical (unpaired) electrons. The predicted octanol–water partition coefficient (Wildman–Crippen LogP) is 3.14. The minimum atomic E-state index is 0.673. The van der Waals surface area contributed by atoms with Gasteiger partial charge in [0.2, 0.25) is 5.16 Å². The summed E-state index contributed by atoms with van der Waals surface area (Å²) in [4.78, 5) is 0. The van der Waals surface area contributed by atoms with Gasteiger partial charge in [-0.15, -0.1) is 10.2 Å². The van der Waals surface area contributed by atoms with Gasteiger partial charge in [0.1, 0.15) is 6.33 Å². The Morgan fingerprint density at radius 3 is 2.36 bits per heavy atom. The summed E-state index contributed by atoms with van der Waals surface area (Å²) in [6, 6.07) is 20.3. The summed E-state index contributed by atoms with van der Waals surface area (Å²) >= 11 is 1.54. The Labute approximate surface area is 149 Å². The topological polar surface area (TPSA) is 74.6 Å². The van der Waals surface area contributed by atoms with E-state index in [1.165, 1.54) is 22.8 Å². The number of hydrogen-bond acceptors (Lipinski definition) is 5. The van der Waals surface area contributed by atoms with Gasteiger partial charge in [-0.05, 0) is 12.1 Å². The van der Waals surface area contributed by atoms with Crippen molar-refractivity contribution < 1.29 is 0 Å². The Morgan fingerprint density at radius 1 is 0.960 bits per heavy atom. The van der Waals surface area contributed by atoms with Crippen LogP contribution in [-0.4, -0.2) is 24.7 Å². The zero-order valence-electron chi connectivity index (χ0n) is 13.4. The van der Waals surface area contributed by atoms with Crippen molar-refractivity contribution in [2.75, 3.05) is 5.84 Å². The fourth-order valence-electron chi connectivity index (χ4n) is 2.54. The molecule has 2 aromatic heterocycles. The first kappa shape index (κ1) is 15.5. The molecule has 0 unspecified atom stereocenters. The minimum Gasteiger partial charge on any atom is -0.336 e. The molecule has 2 aromatic carbocycles. The van der Waals surface area contributed by atoms with Crippen molar-refractivity contribution in [3.63, 3.8) is 0 Å². The predicted molar refractivity (Wildman–Crippen MR) is 98.7 cm³/mol. The highest BCUT2D eigenvalue weighted by molar-refractivity contribution is 7.98. The molecule has 0 bridgehead atoms. The molecule has 0 aliphatic heterocycles. The number of nitrogens with zero attached hydrogens (tertiary/aromatic N) is 5. The highest BCUT2D eigenvalue weighted by atomic mass is 32.2. The molecule has 0 spiro atoms. The third-order valence-corrected chi connectivity index (χ3v) is 4.76. The van der Waals surface area contributed by atoms with Crippen molar-refractivity contribution in [2.45, 2.75) is 10.9 Å². The largest absolute Gasteiger partial charge is 0.336 e. The van der Waals surface area contributed by atoms with E-state index in [4.69, 9.17) is 10.9 Å². The van der Waals surface area contributed by atoms with E-state index in [2.05, 4.69) is 28.5 Å². The second-order valence-corrected chi connectivity index (χ2v) is 6.40. The molecule has 7 heteroatoms. The smallest absolute Gasteiger partial charge is 0.209 e. The van der Waals surface area contributed by atoms with Crippen LogP contribution in [0.2, 0.25) is 0 Å². The van der Waals surface area contributed by atoms with Crippen LogP contribution in [0, 0.1) is 0 Å². The highest BCUT2D eigenvalue weighted by Crippen LogP contribution is 2.28. The van der Waals surface area contributed by atoms with E-state index < -0.39 is 0 Å². The van der Waals surface area contributed by atoms with E-state index >= 15 is 0 Å². The number of rotatable bonds is 5. The number of thioether (sulfide) groups is 1. The first-order chi connectivity index (χ1) is 12.3. The van der Waals surface area contributed by atoms with Gasteiger partial charge in [-0.25, -0.2) is 9.36 Å². The zero-order chi connectivity index (χ0) is 17.1. The summed E-state index contributed by atoms with van der Waals surface area (Å²) in [5.74, 6) is 6.50. The Balaban J connectivity index is 1.70. The van der Waals surface area contributed by atoms with E-state index in [-0.39, 0.29) is 0 Å². The van der Waals surface area contributed by atoms with Crippen LogP contribution < -0.4 is 5.84 Å². The van der Waals surface area contributed by atoms with Crippen LogP contribution in [0.1, 0.15) is 5.56 Å². The number of nitrogen functional groups attached to an aromatic ring is 1. The summed E-state index contributed by atoms with van der Waals surface area (Å²) in [5, 5.41) is 13.3. The molecular formula is C18H16N6S. The maximum absolute atomic E-state index is 5.80. The summed E-state index contributed by atoms with van der Waals surface area (Å²) in [6.45, 7) is 0. The van der Waals surface area contributed by atoms with Crippen LogP contribution >= 0.6 is 11.8 Å². The first-order valence-corrected chi connectivity index (χ1v) is 8.77. The molecule has 0 atom stereocenters. The van der Waals surface area contributed by atoms with Gasteiger partial charge < -0.3 is 5.84 Å². The molecule has 0 saturated carbocycles. The molecule has 0 fully saturated rings. The molecular weight excluding hydrogens is 332 g/mol. The van der Waals surface area contributed by atoms with Crippen molar-refractivity contribution in [1.82, 2.24) is 24.7 Å². The Kier molecular flexibility index (Phi) is 4.22. The number of benzene rings is 2. The number of hydrogen-bond donors (Lipinski definition) is 1. The molecule has 25 heavy (non-hydrogen) atoms. The molecule has 4 aromatic rings. The van der Waals surface area contributed by atoms with Crippen molar-refractivity contribution in [3.05, 3.63) is 78.8 Å². The lowest BCUT2D eigenvalue weighted by atomic mass is 10.1. The lowest BCUT2D eigenvalue weighted by Gasteiger charge is -2.02. The van der Waals surface area contributed by atoms with Crippen LogP contribution in [0.3, 0.4) is 0 Å². The van der Waals surface area contributed by atoms with Gasteiger partial charge in [0.25, 0.3) is 0 Å². The van der Waals surface area contributed by atoms with Gasteiger partial charge in [-0.1, -0.05) is 60.3 Å². The quantitative estimate of drug-likeness (QED) is 0.443. The molecule has 0 aliphatic carbocycles. The first-order valence-electron chi connectivity index (χ1n) is 7.78. The zero-order valence-corrected chi connectivity index (χ0v) is 14.2. The van der Waals surface area contributed by atoms with Gasteiger partial charge in [0, 0.05) is 23.1 Å². The van der Waals surface area contributed by atoms with E-state index in [1.807, 2.05) is 53.2 Å². The van der Waals surface area contributed by atoms with Crippen LogP contribution in [0.5, 0.6) is 0 Å². The van der Waals surface area contributed by atoms with Gasteiger partial charge in [0.05, 0.1) is 11.4 Å².